The lowest BCUT2D eigenvalue weighted by molar-refractivity contribution is 0.414. The van der Waals surface area contributed by atoms with E-state index < -0.39 is 6.04 Å². The molecule has 0 saturated carbocycles. The summed E-state index contributed by atoms with van der Waals surface area (Å²) < 4.78 is 5.21. The first kappa shape index (κ1) is 11.7. The standard InChI is InChI=1S/C14H16N2O/c1-17-14-5-4-11-3-2-10(6-12(11)8-14)7-13(16)9-15/h4-6,8,13H,2-3,7,16H2,1H3/t13-/m0/s1. The van der Waals surface area contributed by atoms with Crippen LogP contribution in [-0.2, 0) is 6.42 Å². The molecule has 0 radical (unpaired) electrons. The Morgan fingerprint density at radius 3 is 3.00 bits per heavy atom. The van der Waals surface area contributed by atoms with Crippen LogP contribution in [0.1, 0.15) is 24.0 Å². The fourth-order valence-electron chi connectivity index (χ4n) is 2.14. The van der Waals surface area contributed by atoms with E-state index in [0.29, 0.717) is 6.42 Å². The summed E-state index contributed by atoms with van der Waals surface area (Å²) in [6.45, 7) is 0. The largest absolute Gasteiger partial charge is 0.497 e. The number of nitriles is 1. The van der Waals surface area contributed by atoms with Gasteiger partial charge < -0.3 is 10.5 Å². The van der Waals surface area contributed by atoms with E-state index in [4.69, 9.17) is 15.7 Å². The molecule has 3 heteroatoms. The van der Waals surface area contributed by atoms with Gasteiger partial charge in [0.25, 0.3) is 0 Å². The number of benzene rings is 1. The summed E-state index contributed by atoms with van der Waals surface area (Å²) in [6, 6.07) is 7.80. The number of nitrogens with zero attached hydrogens (tertiary/aromatic N) is 1. The van der Waals surface area contributed by atoms with Gasteiger partial charge in [-0.1, -0.05) is 17.7 Å². The molecule has 1 aliphatic carbocycles. The van der Waals surface area contributed by atoms with Gasteiger partial charge in [0.15, 0.2) is 0 Å². The molecule has 0 heterocycles. The number of rotatable bonds is 3. The van der Waals surface area contributed by atoms with Gasteiger partial charge in [0, 0.05) is 0 Å². The Bertz CT molecular complexity index is 485. The van der Waals surface area contributed by atoms with Gasteiger partial charge in [-0.3, -0.25) is 0 Å². The first-order valence-electron chi connectivity index (χ1n) is 5.74. The second-order valence-electron chi connectivity index (χ2n) is 4.31. The van der Waals surface area contributed by atoms with Crippen LogP contribution in [0.4, 0.5) is 0 Å². The van der Waals surface area contributed by atoms with Gasteiger partial charge in [0.05, 0.1) is 19.2 Å². The molecular formula is C14H16N2O. The molecule has 1 aromatic carbocycles. The maximum Gasteiger partial charge on any atom is 0.119 e. The third-order valence-corrected chi connectivity index (χ3v) is 3.08. The lowest BCUT2D eigenvalue weighted by Crippen LogP contribution is -2.18. The van der Waals surface area contributed by atoms with E-state index in [9.17, 15) is 0 Å². The van der Waals surface area contributed by atoms with Gasteiger partial charge in [-0.2, -0.15) is 5.26 Å². The molecule has 0 amide bonds. The van der Waals surface area contributed by atoms with Crippen LogP contribution < -0.4 is 10.5 Å². The Hall–Kier alpha value is -1.79. The highest BCUT2D eigenvalue weighted by Crippen LogP contribution is 2.28. The van der Waals surface area contributed by atoms with Crippen molar-refractivity contribution in [1.29, 1.82) is 5.26 Å². The van der Waals surface area contributed by atoms with E-state index in [1.807, 2.05) is 12.1 Å². The molecule has 17 heavy (non-hydrogen) atoms. The molecule has 0 aliphatic heterocycles. The molecule has 1 aliphatic rings. The Morgan fingerprint density at radius 1 is 1.47 bits per heavy atom. The Kier molecular flexibility index (Phi) is 3.46. The summed E-state index contributed by atoms with van der Waals surface area (Å²) in [4.78, 5) is 0. The molecule has 0 unspecified atom stereocenters. The molecule has 2 rings (SSSR count). The van der Waals surface area contributed by atoms with Crippen molar-refractivity contribution in [2.24, 2.45) is 5.73 Å². The Labute approximate surface area is 102 Å². The Balaban J connectivity index is 2.24. The van der Waals surface area contributed by atoms with E-state index in [1.165, 1.54) is 16.7 Å². The second-order valence-corrected chi connectivity index (χ2v) is 4.31. The van der Waals surface area contributed by atoms with Crippen LogP contribution in [0, 0.1) is 11.3 Å². The monoisotopic (exact) mass is 228 g/mol. The minimum Gasteiger partial charge on any atom is -0.497 e. The lowest BCUT2D eigenvalue weighted by Gasteiger charge is -2.17. The van der Waals surface area contributed by atoms with Gasteiger partial charge in [0.2, 0.25) is 0 Å². The van der Waals surface area contributed by atoms with Crippen molar-refractivity contribution in [2.45, 2.75) is 25.3 Å². The van der Waals surface area contributed by atoms with Crippen molar-refractivity contribution in [2.75, 3.05) is 7.11 Å². The highest BCUT2D eigenvalue weighted by molar-refractivity contribution is 5.61. The summed E-state index contributed by atoms with van der Waals surface area (Å²) in [6.07, 6.45) is 4.81. The van der Waals surface area contributed by atoms with Crippen LogP contribution in [0.5, 0.6) is 5.75 Å². The van der Waals surface area contributed by atoms with Gasteiger partial charge >= 0.3 is 0 Å². The van der Waals surface area contributed by atoms with E-state index in [0.717, 1.165) is 18.6 Å². The molecular weight excluding hydrogens is 212 g/mol. The smallest absolute Gasteiger partial charge is 0.119 e. The van der Waals surface area contributed by atoms with Gasteiger partial charge in [-0.15, -0.1) is 0 Å². The van der Waals surface area contributed by atoms with Crippen LogP contribution in [0.15, 0.2) is 23.8 Å². The third kappa shape index (κ3) is 2.66. The fraction of sp³-hybridized carbons (Fsp3) is 0.357. The average Bonchev–Trinajstić information content (AvgIpc) is 2.37. The number of methoxy groups -OCH3 is 1. The van der Waals surface area contributed by atoms with Gasteiger partial charge in [-0.25, -0.2) is 0 Å². The molecule has 88 valence electrons. The minimum absolute atomic E-state index is 0.395. The normalized spacial score (nSPS) is 15.5. The first-order valence-corrected chi connectivity index (χ1v) is 5.74. The number of hydrogen-bond donors (Lipinski definition) is 1. The molecule has 0 aromatic heterocycles. The Morgan fingerprint density at radius 2 is 2.29 bits per heavy atom. The van der Waals surface area contributed by atoms with Gasteiger partial charge in [-0.05, 0) is 42.5 Å². The second kappa shape index (κ2) is 5.03. The number of fused-ring (bicyclic) bond motifs is 1. The van der Waals surface area contributed by atoms with Crippen molar-refractivity contribution in [3.05, 3.63) is 34.9 Å². The van der Waals surface area contributed by atoms with Crippen molar-refractivity contribution >= 4 is 6.08 Å². The number of nitrogens with two attached hydrogens (primary N) is 1. The van der Waals surface area contributed by atoms with Crippen molar-refractivity contribution in [1.82, 2.24) is 0 Å². The zero-order chi connectivity index (χ0) is 12.3. The van der Waals surface area contributed by atoms with E-state index >= 15 is 0 Å². The van der Waals surface area contributed by atoms with Gasteiger partial charge in [0.1, 0.15) is 5.75 Å². The molecule has 0 bridgehead atoms. The van der Waals surface area contributed by atoms with Crippen molar-refractivity contribution in [3.8, 4) is 11.8 Å². The van der Waals surface area contributed by atoms with Crippen LogP contribution in [-0.4, -0.2) is 13.2 Å². The SMILES string of the molecule is COc1ccc2c(c1)C=C(C[C@H](N)C#N)CC2. The van der Waals surface area contributed by atoms with Crippen LogP contribution in [0.2, 0.25) is 0 Å². The molecule has 0 saturated heterocycles. The lowest BCUT2D eigenvalue weighted by atomic mass is 9.89. The zero-order valence-corrected chi connectivity index (χ0v) is 9.94. The van der Waals surface area contributed by atoms with Crippen molar-refractivity contribution in [3.63, 3.8) is 0 Å². The van der Waals surface area contributed by atoms with E-state index in [-0.39, 0.29) is 0 Å². The molecule has 3 nitrogen and oxygen atoms in total. The minimum atomic E-state index is -0.395. The molecule has 2 N–H and O–H groups in total. The summed E-state index contributed by atoms with van der Waals surface area (Å²) in [7, 11) is 1.67. The first-order chi connectivity index (χ1) is 8.22. The molecule has 1 aromatic rings. The predicted molar refractivity (Wildman–Crippen MR) is 67.5 cm³/mol. The van der Waals surface area contributed by atoms with Crippen LogP contribution >= 0.6 is 0 Å². The summed E-state index contributed by atoms with van der Waals surface area (Å²) in [5, 5.41) is 8.72. The van der Waals surface area contributed by atoms with E-state index in [2.05, 4.69) is 18.2 Å². The maximum absolute atomic E-state index is 8.72. The quantitative estimate of drug-likeness (QED) is 0.863. The number of hydrogen-bond acceptors (Lipinski definition) is 3. The third-order valence-electron chi connectivity index (χ3n) is 3.08. The summed E-state index contributed by atoms with van der Waals surface area (Å²) >= 11 is 0. The van der Waals surface area contributed by atoms with E-state index in [1.54, 1.807) is 7.11 Å². The van der Waals surface area contributed by atoms with Crippen LogP contribution in [0.25, 0.3) is 6.08 Å². The topological polar surface area (TPSA) is 59.0 Å². The fourth-order valence-corrected chi connectivity index (χ4v) is 2.14. The average molecular weight is 228 g/mol. The predicted octanol–water partition coefficient (Wildman–Crippen LogP) is 2.27. The zero-order valence-electron chi connectivity index (χ0n) is 9.94. The maximum atomic E-state index is 8.72. The molecule has 0 spiro atoms. The number of aryl methyl sites for hydroxylation is 1. The highest BCUT2D eigenvalue weighted by atomic mass is 16.5. The molecule has 0 fully saturated rings. The number of ether oxygens (including phenoxy) is 1. The summed E-state index contributed by atoms with van der Waals surface area (Å²) in [5.74, 6) is 0.867. The summed E-state index contributed by atoms with van der Waals surface area (Å²) in [5.41, 5.74) is 9.43. The molecule has 1 atom stereocenters. The highest BCUT2D eigenvalue weighted by Gasteiger charge is 2.13. The van der Waals surface area contributed by atoms with Crippen LogP contribution in [0.3, 0.4) is 0 Å². The van der Waals surface area contributed by atoms with Crippen molar-refractivity contribution < 1.29 is 4.74 Å².